The second kappa shape index (κ2) is 3.55. The van der Waals surface area contributed by atoms with Crippen LogP contribution in [0.25, 0.3) is 0 Å². The number of hydrogen-bond donors (Lipinski definition) is 0. The van der Waals surface area contributed by atoms with Crippen molar-refractivity contribution in [3.05, 3.63) is 17.7 Å². The monoisotopic (exact) mass is 234 g/mol. The number of nitrogens with zero attached hydrogens (tertiary/aromatic N) is 2. The summed E-state index contributed by atoms with van der Waals surface area (Å²) in [4.78, 5) is 4.24. The average molecular weight is 235 g/mol. The van der Waals surface area contributed by atoms with Crippen LogP contribution in [0.3, 0.4) is 0 Å². The molecule has 0 aromatic carbocycles. The van der Waals surface area contributed by atoms with Crippen molar-refractivity contribution in [2.24, 2.45) is 0 Å². The molecule has 0 N–H and O–H groups in total. The number of fused-ring (bicyclic) bond motifs is 1. The van der Waals surface area contributed by atoms with E-state index in [2.05, 4.69) is 4.98 Å². The number of hydrogen-bond acceptors (Lipinski definition) is 3. The lowest BCUT2D eigenvalue weighted by atomic mass is 10.2. The van der Waals surface area contributed by atoms with E-state index in [1.54, 1.807) is 6.20 Å². The van der Waals surface area contributed by atoms with Crippen molar-refractivity contribution in [2.75, 3.05) is 0 Å². The molecule has 1 aromatic rings. The Kier molecular flexibility index (Phi) is 2.53. The highest BCUT2D eigenvalue weighted by molar-refractivity contribution is 8.13. The molecule has 1 aliphatic heterocycles. The van der Waals surface area contributed by atoms with Crippen molar-refractivity contribution >= 4 is 19.7 Å². The van der Waals surface area contributed by atoms with Gasteiger partial charge in [-0.1, -0.05) is 0 Å². The fourth-order valence-corrected chi connectivity index (χ4v) is 2.55. The third-order valence-electron chi connectivity index (χ3n) is 2.28. The van der Waals surface area contributed by atoms with Crippen molar-refractivity contribution in [2.45, 2.75) is 31.6 Å². The van der Waals surface area contributed by atoms with E-state index in [0.29, 0.717) is 5.69 Å². The third-order valence-corrected chi connectivity index (χ3v) is 3.25. The molecule has 0 radical (unpaired) electrons. The van der Waals surface area contributed by atoms with Gasteiger partial charge in [-0.05, 0) is 12.8 Å². The summed E-state index contributed by atoms with van der Waals surface area (Å²) in [6, 6.07) is 0. The zero-order chi connectivity index (χ0) is 10.2. The number of halogens is 1. The second-order valence-electron chi connectivity index (χ2n) is 3.48. The molecule has 0 unspecified atom stereocenters. The summed E-state index contributed by atoms with van der Waals surface area (Å²) in [6.07, 6.45) is 4.98. The van der Waals surface area contributed by atoms with E-state index < -0.39 is 9.05 Å². The van der Waals surface area contributed by atoms with Gasteiger partial charge in [0.25, 0.3) is 0 Å². The average Bonchev–Trinajstić information content (AvgIpc) is 2.42. The van der Waals surface area contributed by atoms with Gasteiger partial charge in [-0.2, -0.15) is 0 Å². The molecule has 0 saturated heterocycles. The Balaban J connectivity index is 2.24. The van der Waals surface area contributed by atoms with Crippen LogP contribution in [0.5, 0.6) is 0 Å². The van der Waals surface area contributed by atoms with Gasteiger partial charge in [-0.15, -0.1) is 0 Å². The lowest BCUT2D eigenvalue weighted by Crippen LogP contribution is -2.08. The molecule has 78 valence electrons. The molecular formula is C8H11ClN2O2S. The zero-order valence-electron chi connectivity index (χ0n) is 7.61. The summed E-state index contributed by atoms with van der Waals surface area (Å²) in [6.45, 7) is 0.935. The standard InChI is InChI=1S/C8H11ClN2O2S/c9-14(12,13)6-7-5-11-4-2-1-3-8(11)10-7/h5H,1-4,6H2. The number of rotatable bonds is 2. The Morgan fingerprint density at radius 2 is 2.29 bits per heavy atom. The molecule has 14 heavy (non-hydrogen) atoms. The second-order valence-corrected chi connectivity index (χ2v) is 6.26. The van der Waals surface area contributed by atoms with E-state index in [0.717, 1.165) is 31.6 Å². The van der Waals surface area contributed by atoms with Crippen LogP contribution >= 0.6 is 10.7 Å². The van der Waals surface area contributed by atoms with E-state index in [4.69, 9.17) is 10.7 Å². The molecule has 0 atom stereocenters. The molecule has 0 spiro atoms. The summed E-state index contributed by atoms with van der Waals surface area (Å²) in [7, 11) is 1.67. The van der Waals surface area contributed by atoms with E-state index >= 15 is 0 Å². The summed E-state index contributed by atoms with van der Waals surface area (Å²) in [5.41, 5.74) is 0.553. The van der Waals surface area contributed by atoms with Crippen LogP contribution in [-0.4, -0.2) is 18.0 Å². The molecule has 1 aromatic heterocycles. The van der Waals surface area contributed by atoms with Gasteiger partial charge in [0.2, 0.25) is 9.05 Å². The van der Waals surface area contributed by atoms with Crippen molar-refractivity contribution in [3.8, 4) is 0 Å². The minimum absolute atomic E-state index is 0.172. The normalized spacial score (nSPS) is 16.6. The first-order valence-corrected chi connectivity index (χ1v) is 7.00. The van der Waals surface area contributed by atoms with Gasteiger partial charge in [0, 0.05) is 29.8 Å². The van der Waals surface area contributed by atoms with Crippen molar-refractivity contribution < 1.29 is 8.42 Å². The van der Waals surface area contributed by atoms with Gasteiger partial charge >= 0.3 is 0 Å². The summed E-state index contributed by atoms with van der Waals surface area (Å²) >= 11 is 0. The van der Waals surface area contributed by atoms with Gasteiger partial charge in [0.15, 0.2) is 0 Å². The van der Waals surface area contributed by atoms with E-state index in [-0.39, 0.29) is 5.75 Å². The lowest BCUT2D eigenvalue weighted by Gasteiger charge is -2.11. The Labute approximate surface area is 87.3 Å². The van der Waals surface area contributed by atoms with Gasteiger partial charge in [0.1, 0.15) is 11.6 Å². The van der Waals surface area contributed by atoms with Crippen LogP contribution in [0.1, 0.15) is 24.4 Å². The number of imidazole rings is 1. The molecule has 0 bridgehead atoms. The van der Waals surface area contributed by atoms with Gasteiger partial charge in [-0.3, -0.25) is 0 Å². The van der Waals surface area contributed by atoms with E-state index in [1.165, 1.54) is 0 Å². The molecule has 0 aliphatic carbocycles. The highest BCUT2D eigenvalue weighted by Gasteiger charge is 2.15. The topological polar surface area (TPSA) is 52.0 Å². The molecular weight excluding hydrogens is 224 g/mol. The first kappa shape index (κ1) is 9.98. The molecule has 2 heterocycles. The fraction of sp³-hybridized carbons (Fsp3) is 0.625. The van der Waals surface area contributed by atoms with Crippen molar-refractivity contribution in [1.29, 1.82) is 0 Å². The maximum atomic E-state index is 10.8. The maximum Gasteiger partial charge on any atom is 0.238 e. The molecule has 0 fully saturated rings. The molecule has 2 rings (SSSR count). The highest BCUT2D eigenvalue weighted by Crippen LogP contribution is 2.16. The zero-order valence-corrected chi connectivity index (χ0v) is 9.18. The van der Waals surface area contributed by atoms with Gasteiger partial charge < -0.3 is 4.57 Å². The number of aromatic nitrogens is 2. The Morgan fingerprint density at radius 3 is 2.93 bits per heavy atom. The highest BCUT2D eigenvalue weighted by atomic mass is 35.7. The molecule has 6 heteroatoms. The Morgan fingerprint density at radius 1 is 1.50 bits per heavy atom. The number of aryl methyl sites for hydroxylation is 2. The van der Waals surface area contributed by atoms with Crippen LogP contribution in [0.4, 0.5) is 0 Å². The van der Waals surface area contributed by atoms with Gasteiger partial charge in [0.05, 0.1) is 5.69 Å². The van der Waals surface area contributed by atoms with Crippen LogP contribution < -0.4 is 0 Å². The summed E-state index contributed by atoms with van der Waals surface area (Å²) in [5, 5.41) is 0. The van der Waals surface area contributed by atoms with Crippen LogP contribution in [0.15, 0.2) is 6.20 Å². The SMILES string of the molecule is O=S(=O)(Cl)Cc1cn2c(n1)CCCC2. The summed E-state index contributed by atoms with van der Waals surface area (Å²) < 4.78 is 23.7. The molecule has 1 aliphatic rings. The molecule has 0 saturated carbocycles. The first-order valence-electron chi connectivity index (χ1n) is 4.52. The maximum absolute atomic E-state index is 10.8. The quantitative estimate of drug-likeness (QED) is 0.725. The molecule has 0 amide bonds. The minimum Gasteiger partial charge on any atom is -0.335 e. The van der Waals surface area contributed by atoms with E-state index in [9.17, 15) is 8.42 Å². The molecule has 4 nitrogen and oxygen atoms in total. The van der Waals surface area contributed by atoms with E-state index in [1.807, 2.05) is 4.57 Å². The van der Waals surface area contributed by atoms with Gasteiger partial charge in [-0.25, -0.2) is 13.4 Å². The smallest absolute Gasteiger partial charge is 0.238 e. The Bertz CT molecular complexity index is 415. The predicted molar refractivity (Wildman–Crippen MR) is 53.6 cm³/mol. The largest absolute Gasteiger partial charge is 0.335 e. The van der Waals surface area contributed by atoms with Crippen LogP contribution in [0, 0.1) is 0 Å². The van der Waals surface area contributed by atoms with Crippen molar-refractivity contribution in [1.82, 2.24) is 9.55 Å². The fourth-order valence-electron chi connectivity index (χ4n) is 1.72. The predicted octanol–water partition coefficient (Wildman–Crippen LogP) is 1.29. The Hall–Kier alpha value is -0.550. The first-order chi connectivity index (χ1) is 6.54. The minimum atomic E-state index is -3.48. The lowest BCUT2D eigenvalue weighted by molar-refractivity contribution is 0.522. The third kappa shape index (κ3) is 2.27. The van der Waals surface area contributed by atoms with Crippen LogP contribution in [-0.2, 0) is 27.8 Å². The van der Waals surface area contributed by atoms with Crippen molar-refractivity contribution in [3.63, 3.8) is 0 Å². The van der Waals surface area contributed by atoms with Crippen LogP contribution in [0.2, 0.25) is 0 Å². The summed E-state index contributed by atoms with van der Waals surface area (Å²) in [5.74, 6) is 0.806.